The minimum absolute atomic E-state index is 0.353. The number of rotatable bonds is 10. The molecule has 0 aromatic carbocycles. The fourth-order valence-electron chi connectivity index (χ4n) is 2.36. The standard InChI is InChI=1S/C13H27NO2S/c1-3-10-17(15,16)11-6-5-7-13(14-4-2)12-8-9-12/h12-14H,3-11H2,1-2H3. The van der Waals surface area contributed by atoms with Crippen LogP contribution in [0.3, 0.4) is 0 Å². The molecule has 1 fully saturated rings. The molecule has 0 aromatic heterocycles. The van der Waals surface area contributed by atoms with Crippen molar-refractivity contribution in [3.05, 3.63) is 0 Å². The van der Waals surface area contributed by atoms with E-state index in [1.54, 1.807) is 0 Å². The van der Waals surface area contributed by atoms with E-state index in [9.17, 15) is 8.42 Å². The molecule has 17 heavy (non-hydrogen) atoms. The molecule has 0 aliphatic heterocycles. The van der Waals surface area contributed by atoms with Gasteiger partial charge in [-0.2, -0.15) is 0 Å². The van der Waals surface area contributed by atoms with Gasteiger partial charge >= 0.3 is 0 Å². The van der Waals surface area contributed by atoms with Crippen molar-refractivity contribution in [1.82, 2.24) is 5.32 Å². The Bertz CT molecular complexity index is 297. The van der Waals surface area contributed by atoms with Gasteiger partial charge in [-0.05, 0) is 44.6 Å². The topological polar surface area (TPSA) is 46.2 Å². The Kier molecular flexibility index (Phi) is 6.49. The van der Waals surface area contributed by atoms with Crippen LogP contribution in [0.5, 0.6) is 0 Å². The summed E-state index contributed by atoms with van der Waals surface area (Å²) in [5.41, 5.74) is 0. The molecule has 1 aliphatic carbocycles. The van der Waals surface area contributed by atoms with Crippen LogP contribution >= 0.6 is 0 Å². The molecular formula is C13H27NO2S. The predicted octanol–water partition coefficient (Wildman–Crippen LogP) is 2.37. The van der Waals surface area contributed by atoms with Crippen molar-refractivity contribution in [3.8, 4) is 0 Å². The Morgan fingerprint density at radius 3 is 2.41 bits per heavy atom. The molecule has 1 N–H and O–H groups in total. The van der Waals surface area contributed by atoms with Gasteiger partial charge in [0.15, 0.2) is 0 Å². The smallest absolute Gasteiger partial charge is 0.150 e. The van der Waals surface area contributed by atoms with Crippen molar-refractivity contribution >= 4 is 9.84 Å². The third-order valence-electron chi connectivity index (χ3n) is 3.39. The highest BCUT2D eigenvalue weighted by Crippen LogP contribution is 2.34. The molecule has 0 heterocycles. The molecule has 0 bridgehead atoms. The lowest BCUT2D eigenvalue weighted by Crippen LogP contribution is -2.30. The Hall–Kier alpha value is -0.0900. The Labute approximate surface area is 106 Å². The van der Waals surface area contributed by atoms with Crippen molar-refractivity contribution in [2.24, 2.45) is 5.92 Å². The van der Waals surface area contributed by atoms with Gasteiger partial charge in [0, 0.05) is 11.8 Å². The van der Waals surface area contributed by atoms with Gasteiger partial charge < -0.3 is 5.32 Å². The molecule has 1 atom stereocenters. The van der Waals surface area contributed by atoms with Crippen LogP contribution in [0.4, 0.5) is 0 Å². The quantitative estimate of drug-likeness (QED) is 0.614. The molecular weight excluding hydrogens is 234 g/mol. The summed E-state index contributed by atoms with van der Waals surface area (Å²) in [7, 11) is -2.77. The number of nitrogens with one attached hydrogen (secondary N) is 1. The van der Waals surface area contributed by atoms with E-state index in [0.717, 1.165) is 38.1 Å². The molecule has 0 aromatic rings. The van der Waals surface area contributed by atoms with Gasteiger partial charge in [-0.1, -0.05) is 20.3 Å². The number of sulfone groups is 1. The van der Waals surface area contributed by atoms with E-state index in [1.807, 2.05) is 6.92 Å². The Morgan fingerprint density at radius 2 is 1.88 bits per heavy atom. The minimum Gasteiger partial charge on any atom is -0.314 e. The molecule has 0 amide bonds. The number of hydrogen-bond acceptors (Lipinski definition) is 3. The molecule has 3 nitrogen and oxygen atoms in total. The third kappa shape index (κ3) is 6.41. The molecule has 102 valence electrons. The van der Waals surface area contributed by atoms with Crippen LogP contribution < -0.4 is 5.32 Å². The van der Waals surface area contributed by atoms with E-state index in [4.69, 9.17) is 0 Å². The maximum atomic E-state index is 11.5. The zero-order valence-corrected chi connectivity index (χ0v) is 12.1. The van der Waals surface area contributed by atoms with Gasteiger partial charge in [0.05, 0.1) is 5.75 Å². The summed E-state index contributed by atoms with van der Waals surface area (Å²) < 4.78 is 23.1. The predicted molar refractivity (Wildman–Crippen MR) is 73.0 cm³/mol. The molecule has 0 spiro atoms. The molecule has 1 aliphatic rings. The summed E-state index contributed by atoms with van der Waals surface area (Å²) >= 11 is 0. The maximum absolute atomic E-state index is 11.5. The summed E-state index contributed by atoms with van der Waals surface area (Å²) in [6.45, 7) is 5.09. The van der Waals surface area contributed by atoms with E-state index in [-0.39, 0.29) is 0 Å². The first-order chi connectivity index (χ1) is 8.09. The minimum atomic E-state index is -2.77. The van der Waals surface area contributed by atoms with Crippen LogP contribution in [-0.2, 0) is 9.84 Å². The van der Waals surface area contributed by atoms with Crippen LogP contribution in [-0.4, -0.2) is 32.5 Å². The number of hydrogen-bond donors (Lipinski definition) is 1. The zero-order valence-electron chi connectivity index (χ0n) is 11.2. The maximum Gasteiger partial charge on any atom is 0.150 e. The normalized spacial score (nSPS) is 18.2. The summed E-state index contributed by atoms with van der Waals surface area (Å²) in [4.78, 5) is 0. The van der Waals surface area contributed by atoms with E-state index >= 15 is 0 Å². The Balaban J connectivity index is 2.13. The lowest BCUT2D eigenvalue weighted by molar-refractivity contribution is 0.432. The van der Waals surface area contributed by atoms with Crippen molar-refractivity contribution < 1.29 is 8.42 Å². The molecule has 0 radical (unpaired) electrons. The van der Waals surface area contributed by atoms with Crippen molar-refractivity contribution in [2.45, 2.75) is 58.4 Å². The van der Waals surface area contributed by atoms with Gasteiger partial charge in [0.25, 0.3) is 0 Å². The van der Waals surface area contributed by atoms with Gasteiger partial charge in [0.2, 0.25) is 0 Å². The molecule has 1 saturated carbocycles. The first-order valence-corrected chi connectivity index (χ1v) is 8.85. The van der Waals surface area contributed by atoms with E-state index < -0.39 is 9.84 Å². The highest BCUT2D eigenvalue weighted by Gasteiger charge is 2.29. The second-order valence-corrected chi connectivity index (χ2v) is 7.45. The van der Waals surface area contributed by atoms with Crippen LogP contribution in [0.1, 0.15) is 52.4 Å². The first kappa shape index (κ1) is 15.0. The average Bonchev–Trinajstić information content (AvgIpc) is 3.06. The van der Waals surface area contributed by atoms with Crippen molar-refractivity contribution in [2.75, 3.05) is 18.1 Å². The summed E-state index contributed by atoms with van der Waals surface area (Å²) in [6, 6.07) is 0.633. The highest BCUT2D eigenvalue weighted by molar-refractivity contribution is 7.91. The lowest BCUT2D eigenvalue weighted by atomic mass is 10.1. The summed E-state index contributed by atoms with van der Waals surface area (Å²) in [5, 5.41) is 3.52. The van der Waals surface area contributed by atoms with E-state index in [2.05, 4.69) is 12.2 Å². The summed E-state index contributed by atoms with van der Waals surface area (Å²) in [6.07, 6.45) is 6.45. The fourth-order valence-corrected chi connectivity index (χ4v) is 3.83. The second-order valence-electron chi connectivity index (χ2n) is 5.15. The second kappa shape index (κ2) is 7.37. The van der Waals surface area contributed by atoms with E-state index in [0.29, 0.717) is 17.5 Å². The third-order valence-corrected chi connectivity index (χ3v) is 5.33. The van der Waals surface area contributed by atoms with Gasteiger partial charge in [-0.3, -0.25) is 0 Å². The summed E-state index contributed by atoms with van der Waals surface area (Å²) in [5.74, 6) is 1.60. The fraction of sp³-hybridized carbons (Fsp3) is 1.00. The first-order valence-electron chi connectivity index (χ1n) is 7.03. The SMILES string of the molecule is CCCS(=O)(=O)CCCCC(NCC)C1CC1. The molecule has 1 unspecified atom stereocenters. The zero-order chi connectivity index (χ0) is 12.7. The van der Waals surface area contributed by atoms with Gasteiger partial charge in [-0.25, -0.2) is 8.42 Å². The van der Waals surface area contributed by atoms with Gasteiger partial charge in [0.1, 0.15) is 9.84 Å². The van der Waals surface area contributed by atoms with Crippen LogP contribution in [0.2, 0.25) is 0 Å². The van der Waals surface area contributed by atoms with Crippen molar-refractivity contribution in [3.63, 3.8) is 0 Å². The number of unbranched alkanes of at least 4 members (excludes halogenated alkanes) is 1. The molecule has 4 heteroatoms. The van der Waals surface area contributed by atoms with Crippen LogP contribution in [0.15, 0.2) is 0 Å². The highest BCUT2D eigenvalue weighted by atomic mass is 32.2. The molecule has 0 saturated heterocycles. The van der Waals surface area contributed by atoms with E-state index in [1.165, 1.54) is 12.8 Å². The largest absolute Gasteiger partial charge is 0.314 e. The van der Waals surface area contributed by atoms with Crippen molar-refractivity contribution in [1.29, 1.82) is 0 Å². The average molecular weight is 261 g/mol. The Morgan fingerprint density at radius 1 is 1.18 bits per heavy atom. The van der Waals surface area contributed by atoms with Crippen LogP contribution in [0, 0.1) is 5.92 Å². The van der Waals surface area contributed by atoms with Gasteiger partial charge in [-0.15, -0.1) is 0 Å². The van der Waals surface area contributed by atoms with Crippen LogP contribution in [0.25, 0.3) is 0 Å². The monoisotopic (exact) mass is 261 g/mol. The molecule has 1 rings (SSSR count). The lowest BCUT2D eigenvalue weighted by Gasteiger charge is -2.16.